The third-order valence-electron chi connectivity index (χ3n) is 1.93. The molecule has 0 heterocycles. The van der Waals surface area contributed by atoms with Gasteiger partial charge in [-0.2, -0.15) is 0 Å². The Labute approximate surface area is 111 Å². The van der Waals surface area contributed by atoms with Crippen LogP contribution in [0.5, 0.6) is 0 Å². The van der Waals surface area contributed by atoms with E-state index in [0.717, 1.165) is 5.56 Å². The highest BCUT2D eigenvalue weighted by molar-refractivity contribution is 7.80. The third kappa shape index (κ3) is 5.51. The van der Waals surface area contributed by atoms with Gasteiger partial charge in [0.2, 0.25) is 5.91 Å². The van der Waals surface area contributed by atoms with Crippen molar-refractivity contribution >= 4 is 34.8 Å². The van der Waals surface area contributed by atoms with E-state index in [1.165, 1.54) is 0 Å². The van der Waals surface area contributed by atoms with Gasteiger partial charge >= 0.3 is 0 Å². The van der Waals surface area contributed by atoms with E-state index in [2.05, 4.69) is 16.2 Å². The molecule has 0 saturated carbocycles. The first-order valence-corrected chi connectivity index (χ1v) is 5.97. The Morgan fingerprint density at radius 1 is 1.29 bits per heavy atom. The van der Waals surface area contributed by atoms with Gasteiger partial charge in [0, 0.05) is 11.6 Å². The van der Waals surface area contributed by atoms with E-state index in [4.69, 9.17) is 23.8 Å². The van der Waals surface area contributed by atoms with E-state index < -0.39 is 0 Å². The second-order valence-electron chi connectivity index (χ2n) is 3.34. The van der Waals surface area contributed by atoms with Crippen LogP contribution >= 0.6 is 23.8 Å². The molecule has 3 N–H and O–H groups in total. The number of carbonyl (C=O) groups excluding carboxylic acids is 1. The first-order chi connectivity index (χ1) is 8.11. The second-order valence-corrected chi connectivity index (χ2v) is 4.18. The number of thiocarbonyl (C=S) groups is 1. The zero-order valence-electron chi connectivity index (χ0n) is 9.42. The lowest BCUT2D eigenvalue weighted by Gasteiger charge is -2.10. The van der Waals surface area contributed by atoms with Crippen molar-refractivity contribution in [2.75, 3.05) is 6.54 Å². The van der Waals surface area contributed by atoms with Crippen LogP contribution in [0.15, 0.2) is 24.3 Å². The van der Waals surface area contributed by atoms with Crippen LogP contribution in [-0.2, 0) is 11.2 Å². The van der Waals surface area contributed by atoms with Crippen molar-refractivity contribution in [1.82, 2.24) is 16.2 Å². The molecule has 1 aromatic rings. The number of nitrogens with one attached hydrogen (secondary N) is 3. The van der Waals surface area contributed by atoms with Gasteiger partial charge in [-0.15, -0.1) is 0 Å². The first-order valence-electron chi connectivity index (χ1n) is 5.19. The van der Waals surface area contributed by atoms with Gasteiger partial charge in [0.25, 0.3) is 0 Å². The molecule has 0 unspecified atom stereocenters. The normalized spacial score (nSPS) is 9.53. The topological polar surface area (TPSA) is 53.2 Å². The predicted molar refractivity (Wildman–Crippen MR) is 72.7 cm³/mol. The molecule has 0 bridgehead atoms. The molecule has 0 aliphatic rings. The molecule has 0 saturated heterocycles. The van der Waals surface area contributed by atoms with Gasteiger partial charge in [0.05, 0.1) is 6.42 Å². The van der Waals surface area contributed by atoms with Gasteiger partial charge in [-0.25, -0.2) is 0 Å². The molecule has 1 aromatic carbocycles. The van der Waals surface area contributed by atoms with Crippen molar-refractivity contribution < 1.29 is 4.79 Å². The summed E-state index contributed by atoms with van der Waals surface area (Å²) in [7, 11) is 0. The minimum atomic E-state index is -0.160. The molecule has 17 heavy (non-hydrogen) atoms. The summed E-state index contributed by atoms with van der Waals surface area (Å²) in [6.45, 7) is 2.63. The minimum absolute atomic E-state index is 0.160. The molecular weight excluding hydrogens is 258 g/mol. The number of halogens is 1. The van der Waals surface area contributed by atoms with E-state index in [1.54, 1.807) is 12.1 Å². The number of hydrogen-bond donors (Lipinski definition) is 3. The fraction of sp³-hybridized carbons (Fsp3) is 0.273. The Bertz CT molecular complexity index is 394. The Morgan fingerprint density at radius 3 is 2.53 bits per heavy atom. The minimum Gasteiger partial charge on any atom is -0.362 e. The lowest BCUT2D eigenvalue weighted by atomic mass is 10.1. The van der Waals surface area contributed by atoms with Gasteiger partial charge in [0.1, 0.15) is 0 Å². The Morgan fingerprint density at radius 2 is 1.94 bits per heavy atom. The highest BCUT2D eigenvalue weighted by atomic mass is 35.5. The molecule has 0 atom stereocenters. The van der Waals surface area contributed by atoms with Crippen molar-refractivity contribution in [2.45, 2.75) is 13.3 Å². The van der Waals surface area contributed by atoms with Crippen LogP contribution < -0.4 is 16.2 Å². The monoisotopic (exact) mass is 271 g/mol. The summed E-state index contributed by atoms with van der Waals surface area (Å²) >= 11 is 10.6. The SMILES string of the molecule is CCNC(=S)NNC(=O)Cc1ccc(Cl)cc1. The second kappa shape index (κ2) is 7.09. The average Bonchev–Trinajstić information content (AvgIpc) is 2.30. The molecule has 1 amide bonds. The fourth-order valence-electron chi connectivity index (χ4n) is 1.16. The number of carbonyl (C=O) groups is 1. The Balaban J connectivity index is 2.34. The van der Waals surface area contributed by atoms with Crippen molar-refractivity contribution in [3.63, 3.8) is 0 Å². The molecule has 0 spiro atoms. The lowest BCUT2D eigenvalue weighted by Crippen LogP contribution is -2.47. The summed E-state index contributed by atoms with van der Waals surface area (Å²) in [6, 6.07) is 7.12. The Kier molecular flexibility index (Phi) is 5.72. The van der Waals surface area contributed by atoms with E-state index in [9.17, 15) is 4.79 Å². The molecule has 0 fully saturated rings. The van der Waals surface area contributed by atoms with Crippen molar-refractivity contribution in [3.05, 3.63) is 34.9 Å². The summed E-state index contributed by atoms with van der Waals surface area (Å²) in [5.74, 6) is -0.160. The number of hydrogen-bond acceptors (Lipinski definition) is 2. The maximum atomic E-state index is 11.5. The first kappa shape index (κ1) is 13.7. The van der Waals surface area contributed by atoms with Crippen molar-refractivity contribution in [3.8, 4) is 0 Å². The van der Waals surface area contributed by atoms with Crippen LogP contribution in [-0.4, -0.2) is 17.6 Å². The van der Waals surface area contributed by atoms with Crippen LogP contribution in [0.1, 0.15) is 12.5 Å². The van der Waals surface area contributed by atoms with Crippen LogP contribution in [0.4, 0.5) is 0 Å². The van der Waals surface area contributed by atoms with Crippen molar-refractivity contribution in [2.24, 2.45) is 0 Å². The molecule has 0 aliphatic heterocycles. The predicted octanol–water partition coefficient (Wildman–Crippen LogP) is 1.40. The van der Waals surface area contributed by atoms with Gasteiger partial charge in [-0.1, -0.05) is 23.7 Å². The van der Waals surface area contributed by atoms with Gasteiger partial charge in [-0.05, 0) is 36.8 Å². The maximum Gasteiger partial charge on any atom is 0.242 e. The molecule has 0 aromatic heterocycles. The number of rotatable bonds is 3. The van der Waals surface area contributed by atoms with Crippen LogP contribution in [0, 0.1) is 0 Å². The maximum absolute atomic E-state index is 11.5. The summed E-state index contributed by atoms with van der Waals surface area (Å²) in [5, 5.41) is 3.91. The molecule has 4 nitrogen and oxygen atoms in total. The lowest BCUT2D eigenvalue weighted by molar-refractivity contribution is -0.121. The highest BCUT2D eigenvalue weighted by Crippen LogP contribution is 2.09. The van der Waals surface area contributed by atoms with E-state index in [-0.39, 0.29) is 12.3 Å². The zero-order valence-corrected chi connectivity index (χ0v) is 11.0. The molecule has 0 aliphatic carbocycles. The highest BCUT2D eigenvalue weighted by Gasteiger charge is 2.03. The molecule has 0 radical (unpaired) electrons. The summed E-state index contributed by atoms with van der Waals surface area (Å²) in [6.07, 6.45) is 0.277. The largest absolute Gasteiger partial charge is 0.362 e. The average molecular weight is 272 g/mol. The standard InChI is InChI=1S/C11H14ClN3OS/c1-2-13-11(17)15-14-10(16)7-8-3-5-9(12)6-4-8/h3-6H,2,7H2,1H3,(H,14,16)(H2,13,15,17). The summed E-state index contributed by atoms with van der Waals surface area (Å²) < 4.78 is 0. The van der Waals surface area contributed by atoms with E-state index in [0.29, 0.717) is 16.7 Å². The Hall–Kier alpha value is -1.33. The van der Waals surface area contributed by atoms with E-state index >= 15 is 0 Å². The fourth-order valence-corrected chi connectivity index (χ4v) is 1.48. The summed E-state index contributed by atoms with van der Waals surface area (Å²) in [5.41, 5.74) is 6.01. The number of amides is 1. The quantitative estimate of drug-likeness (QED) is 0.575. The number of hydrazine groups is 1. The van der Waals surface area contributed by atoms with Crippen LogP contribution in [0.3, 0.4) is 0 Å². The summed E-state index contributed by atoms with van der Waals surface area (Å²) in [4.78, 5) is 11.5. The smallest absolute Gasteiger partial charge is 0.242 e. The third-order valence-corrected chi connectivity index (χ3v) is 2.43. The number of benzene rings is 1. The van der Waals surface area contributed by atoms with E-state index in [1.807, 2.05) is 19.1 Å². The van der Waals surface area contributed by atoms with Crippen molar-refractivity contribution in [1.29, 1.82) is 0 Å². The zero-order chi connectivity index (χ0) is 12.7. The molecule has 92 valence electrons. The molecule has 1 rings (SSSR count). The van der Waals surface area contributed by atoms with Gasteiger partial charge in [0.15, 0.2) is 5.11 Å². The molecule has 6 heteroatoms. The van der Waals surface area contributed by atoms with Crippen LogP contribution in [0.2, 0.25) is 5.02 Å². The molecular formula is C11H14ClN3OS. The van der Waals surface area contributed by atoms with Crippen LogP contribution in [0.25, 0.3) is 0 Å². The van der Waals surface area contributed by atoms with Gasteiger partial charge < -0.3 is 5.32 Å². The van der Waals surface area contributed by atoms with Gasteiger partial charge in [-0.3, -0.25) is 15.6 Å².